The van der Waals surface area contributed by atoms with E-state index in [1.165, 1.54) is 10.9 Å². The molecule has 1 aliphatic heterocycles. The third kappa shape index (κ3) is 1.66. The summed E-state index contributed by atoms with van der Waals surface area (Å²) in [5.41, 5.74) is 0.906. The Labute approximate surface area is 80.9 Å². The van der Waals surface area contributed by atoms with Gasteiger partial charge in [-0.2, -0.15) is 0 Å². The third-order valence-electron chi connectivity index (χ3n) is 2.63. The number of aliphatic hydroxyl groups excluding tert-OH is 1. The fraction of sp³-hybridized carbons (Fsp3) is 0.600. The molecule has 3 heteroatoms. The first-order chi connectivity index (χ1) is 6.13. The van der Waals surface area contributed by atoms with Crippen molar-refractivity contribution in [1.29, 1.82) is 0 Å². The van der Waals surface area contributed by atoms with Crippen molar-refractivity contribution in [2.75, 3.05) is 6.61 Å². The largest absolute Gasteiger partial charge is 0.489 e. The number of rotatable bonds is 1. The van der Waals surface area contributed by atoms with Gasteiger partial charge in [-0.1, -0.05) is 11.4 Å². The molecule has 2 unspecified atom stereocenters. The van der Waals surface area contributed by atoms with E-state index in [1.54, 1.807) is 0 Å². The van der Waals surface area contributed by atoms with Crippen molar-refractivity contribution >= 4 is 9.24 Å². The molecule has 1 N–H and O–H groups in total. The van der Waals surface area contributed by atoms with Gasteiger partial charge in [-0.05, 0) is 18.9 Å². The van der Waals surface area contributed by atoms with E-state index in [-0.39, 0.29) is 12.2 Å². The van der Waals surface area contributed by atoms with Gasteiger partial charge in [-0.3, -0.25) is 0 Å². The Hall–Kier alpha value is -0.330. The van der Waals surface area contributed by atoms with E-state index in [0.29, 0.717) is 0 Å². The minimum absolute atomic E-state index is 0.0973. The predicted octanol–water partition coefficient (Wildman–Crippen LogP) is 1.96. The Kier molecular flexibility index (Phi) is 2.21. The van der Waals surface area contributed by atoms with Gasteiger partial charge in [0.05, 0.1) is 6.61 Å². The van der Waals surface area contributed by atoms with Gasteiger partial charge in [-0.15, -0.1) is 9.24 Å². The zero-order valence-corrected chi connectivity index (χ0v) is 8.99. The second-order valence-corrected chi connectivity index (χ2v) is 4.80. The summed E-state index contributed by atoms with van der Waals surface area (Å²) >= 11 is 0. The van der Waals surface area contributed by atoms with E-state index in [4.69, 9.17) is 9.84 Å². The van der Waals surface area contributed by atoms with Gasteiger partial charge < -0.3 is 9.84 Å². The number of allylic oxidation sites excluding steroid dienone is 3. The van der Waals surface area contributed by atoms with Crippen LogP contribution in [0.2, 0.25) is 0 Å². The van der Waals surface area contributed by atoms with Gasteiger partial charge in [0.15, 0.2) is 0 Å². The van der Waals surface area contributed by atoms with Crippen LogP contribution in [-0.4, -0.2) is 17.3 Å². The Morgan fingerprint density at radius 3 is 3.08 bits per heavy atom. The van der Waals surface area contributed by atoms with Crippen LogP contribution in [0.15, 0.2) is 22.7 Å². The van der Waals surface area contributed by atoms with Crippen LogP contribution in [0.5, 0.6) is 0 Å². The van der Waals surface area contributed by atoms with E-state index >= 15 is 0 Å². The first-order valence-electron chi connectivity index (χ1n) is 4.61. The molecule has 0 fully saturated rings. The molecule has 0 aromatic carbocycles. The average Bonchev–Trinajstić information content (AvgIpc) is 2.42. The molecule has 2 aliphatic rings. The molecule has 0 saturated carbocycles. The second-order valence-electron chi connectivity index (χ2n) is 4.05. The highest BCUT2D eigenvalue weighted by Crippen LogP contribution is 2.41. The summed E-state index contributed by atoms with van der Waals surface area (Å²) in [6.07, 6.45) is 5.06. The normalized spacial score (nSPS) is 32.7. The maximum atomic E-state index is 9.16. The van der Waals surface area contributed by atoms with Crippen molar-refractivity contribution in [3.63, 3.8) is 0 Å². The van der Waals surface area contributed by atoms with Gasteiger partial charge in [0, 0.05) is 12.8 Å². The molecule has 1 heterocycles. The quantitative estimate of drug-likeness (QED) is 0.653. The predicted molar refractivity (Wildman–Crippen MR) is 55.2 cm³/mol. The highest BCUT2D eigenvalue weighted by Gasteiger charge is 2.35. The van der Waals surface area contributed by atoms with Crippen molar-refractivity contribution in [2.24, 2.45) is 0 Å². The highest BCUT2D eigenvalue weighted by atomic mass is 31.0. The van der Waals surface area contributed by atoms with Crippen LogP contribution < -0.4 is 0 Å². The summed E-state index contributed by atoms with van der Waals surface area (Å²) in [6.45, 7) is 2.06. The number of aliphatic hydroxyl groups is 1. The first kappa shape index (κ1) is 9.23. The summed E-state index contributed by atoms with van der Waals surface area (Å²) in [5.74, 6) is 1.09. The molecule has 72 valence electrons. The molecule has 0 spiro atoms. The van der Waals surface area contributed by atoms with Crippen LogP contribution in [0.25, 0.3) is 0 Å². The minimum atomic E-state index is -0.365. The smallest absolute Gasteiger partial charge is 0.133 e. The molecule has 0 saturated heterocycles. The molecule has 2 rings (SSSR count). The molecule has 1 aliphatic carbocycles. The lowest BCUT2D eigenvalue weighted by Gasteiger charge is -2.22. The van der Waals surface area contributed by atoms with Crippen LogP contribution in [0.4, 0.5) is 0 Å². The number of hydrogen-bond acceptors (Lipinski definition) is 2. The molecule has 13 heavy (non-hydrogen) atoms. The molecule has 2 nitrogen and oxygen atoms in total. The summed E-state index contributed by atoms with van der Waals surface area (Å²) in [5, 5.41) is 10.5. The molecule has 0 radical (unpaired) electrons. The van der Waals surface area contributed by atoms with Crippen LogP contribution in [0, 0.1) is 0 Å². The van der Waals surface area contributed by atoms with Crippen LogP contribution in [0.1, 0.15) is 26.2 Å². The number of hydrogen-bond donors (Lipinski definition) is 1. The highest BCUT2D eigenvalue weighted by molar-refractivity contribution is 7.22. The summed E-state index contributed by atoms with van der Waals surface area (Å²) in [6, 6.07) is 0. The van der Waals surface area contributed by atoms with Crippen molar-refractivity contribution in [3.05, 3.63) is 22.7 Å². The van der Waals surface area contributed by atoms with Gasteiger partial charge in [0.2, 0.25) is 0 Å². The maximum absolute atomic E-state index is 9.16. The van der Waals surface area contributed by atoms with Crippen LogP contribution in [-0.2, 0) is 4.74 Å². The SMILES string of the molecule is CC1(CO)CC2=C(CCC(P)=C2)O1. The fourth-order valence-electron chi connectivity index (χ4n) is 1.89. The van der Waals surface area contributed by atoms with Crippen molar-refractivity contribution in [3.8, 4) is 0 Å². The summed E-state index contributed by atoms with van der Waals surface area (Å²) in [7, 11) is 2.75. The average molecular weight is 198 g/mol. The van der Waals surface area contributed by atoms with Gasteiger partial charge in [0.25, 0.3) is 0 Å². The zero-order valence-electron chi connectivity index (χ0n) is 7.84. The van der Waals surface area contributed by atoms with Crippen LogP contribution >= 0.6 is 9.24 Å². The zero-order chi connectivity index (χ0) is 9.47. The van der Waals surface area contributed by atoms with E-state index < -0.39 is 0 Å². The lowest BCUT2D eigenvalue weighted by Crippen LogP contribution is -2.28. The molecule has 0 bridgehead atoms. The van der Waals surface area contributed by atoms with Crippen molar-refractivity contribution in [1.82, 2.24) is 0 Å². The van der Waals surface area contributed by atoms with E-state index in [9.17, 15) is 0 Å². The second kappa shape index (κ2) is 3.11. The Morgan fingerprint density at radius 1 is 1.62 bits per heavy atom. The fourth-order valence-corrected chi connectivity index (χ4v) is 2.23. The Morgan fingerprint density at radius 2 is 2.38 bits per heavy atom. The van der Waals surface area contributed by atoms with Crippen molar-refractivity contribution < 1.29 is 9.84 Å². The molecular formula is C10H15O2P. The van der Waals surface area contributed by atoms with Gasteiger partial charge >= 0.3 is 0 Å². The monoisotopic (exact) mass is 198 g/mol. The van der Waals surface area contributed by atoms with E-state index in [2.05, 4.69) is 15.3 Å². The summed E-state index contributed by atoms with van der Waals surface area (Å²) < 4.78 is 5.73. The minimum Gasteiger partial charge on any atom is -0.489 e. The first-order valence-corrected chi connectivity index (χ1v) is 5.19. The number of ether oxygens (including phenoxy) is 1. The maximum Gasteiger partial charge on any atom is 0.133 e. The third-order valence-corrected chi connectivity index (χ3v) is 3.08. The molecular weight excluding hydrogens is 183 g/mol. The Bertz CT molecular complexity index is 293. The van der Waals surface area contributed by atoms with E-state index in [0.717, 1.165) is 25.0 Å². The standard InChI is InChI=1S/C10H15O2P/c1-10(6-11)5-7-4-8(13)2-3-9(7)12-10/h4,11H,2-3,5-6,13H2,1H3. The molecule has 0 aromatic rings. The lowest BCUT2D eigenvalue weighted by molar-refractivity contribution is -0.00983. The topological polar surface area (TPSA) is 29.5 Å². The lowest BCUT2D eigenvalue weighted by atomic mass is 9.97. The van der Waals surface area contributed by atoms with Gasteiger partial charge in [0.1, 0.15) is 11.4 Å². The molecule has 0 amide bonds. The van der Waals surface area contributed by atoms with Crippen molar-refractivity contribution in [2.45, 2.75) is 31.8 Å². The van der Waals surface area contributed by atoms with Gasteiger partial charge in [-0.25, -0.2) is 0 Å². The van der Waals surface area contributed by atoms with Crippen LogP contribution in [0.3, 0.4) is 0 Å². The molecule has 0 aromatic heterocycles. The summed E-state index contributed by atoms with van der Waals surface area (Å²) in [4.78, 5) is 0. The Balaban J connectivity index is 2.20. The molecule has 2 atom stereocenters. The van der Waals surface area contributed by atoms with E-state index in [1.807, 2.05) is 6.92 Å².